The normalized spacial score (nSPS) is 16.3. The molecule has 6 rings (SSSR count). The summed E-state index contributed by atoms with van der Waals surface area (Å²) < 4.78 is 4.49. The Labute approximate surface area is 219 Å². The number of hydrogen-bond donors (Lipinski definition) is 2. The molecular formula is C27H31N9O2. The molecule has 3 aromatic heterocycles. The molecule has 1 spiro atoms. The summed E-state index contributed by atoms with van der Waals surface area (Å²) >= 11 is 0. The summed E-state index contributed by atoms with van der Waals surface area (Å²) in [5.41, 5.74) is 2.41. The molecule has 11 nitrogen and oxygen atoms in total. The van der Waals surface area contributed by atoms with Crippen LogP contribution in [0.1, 0.15) is 26.3 Å². The number of aromatic nitrogens is 6. The van der Waals surface area contributed by atoms with Crippen molar-refractivity contribution in [2.75, 3.05) is 36.4 Å². The maximum absolute atomic E-state index is 13.2. The van der Waals surface area contributed by atoms with Crippen LogP contribution in [0, 0.1) is 5.41 Å². The second-order valence-electron chi connectivity index (χ2n) is 10.4. The van der Waals surface area contributed by atoms with Crippen LogP contribution < -0.4 is 26.7 Å². The van der Waals surface area contributed by atoms with Crippen LogP contribution in [0.3, 0.4) is 0 Å². The van der Waals surface area contributed by atoms with E-state index in [2.05, 4.69) is 49.3 Å². The van der Waals surface area contributed by atoms with E-state index in [9.17, 15) is 9.59 Å². The Hall–Kier alpha value is -4.25. The highest BCUT2D eigenvalue weighted by Gasteiger charge is 2.42. The molecule has 0 unspecified atom stereocenters. The van der Waals surface area contributed by atoms with Gasteiger partial charge in [0.05, 0.1) is 12.6 Å². The predicted molar refractivity (Wildman–Crippen MR) is 148 cm³/mol. The third-order valence-electron chi connectivity index (χ3n) is 7.42. The zero-order valence-electron chi connectivity index (χ0n) is 21.6. The van der Waals surface area contributed by atoms with E-state index in [0.717, 1.165) is 31.9 Å². The summed E-state index contributed by atoms with van der Waals surface area (Å²) in [6, 6.07) is 11.2. The van der Waals surface area contributed by atoms with Crippen LogP contribution in [0.15, 0.2) is 64.8 Å². The van der Waals surface area contributed by atoms with Gasteiger partial charge in [0, 0.05) is 55.2 Å². The molecule has 0 atom stereocenters. The number of nitrogens with zero attached hydrogens (tertiary/aromatic N) is 7. The highest BCUT2D eigenvalue weighted by atomic mass is 16.1. The zero-order chi connectivity index (χ0) is 26.4. The van der Waals surface area contributed by atoms with Gasteiger partial charge in [-0.15, -0.1) is 11.7 Å². The average molecular weight is 514 g/mol. The standard InChI is InChI=1S/C27H31N9O2/c1-4-12-34-25(38)21-14-29-26(31-24(21)36(34)22-9-10-23(37)35(32-22)18(2)3)30-19-5-7-20(8-6-19)33-13-11-27(17-33)15-28-16-27/h4-10,14,18,28H,1,11-13,15-17H2,2-3H3,(H,29,30,31). The van der Waals surface area contributed by atoms with Crippen molar-refractivity contribution in [2.45, 2.75) is 32.9 Å². The van der Waals surface area contributed by atoms with Gasteiger partial charge in [-0.25, -0.2) is 19.0 Å². The van der Waals surface area contributed by atoms with Crippen LogP contribution in [-0.4, -0.2) is 55.3 Å². The molecule has 1 aromatic carbocycles. The first-order chi connectivity index (χ1) is 18.4. The number of rotatable bonds is 7. The fourth-order valence-electron chi connectivity index (χ4n) is 5.31. The Balaban J connectivity index is 1.33. The van der Waals surface area contributed by atoms with Gasteiger partial charge in [0.25, 0.3) is 11.1 Å². The number of hydrogen-bond acceptors (Lipinski definition) is 8. The minimum atomic E-state index is -0.259. The lowest BCUT2D eigenvalue weighted by molar-refractivity contribution is 0.200. The minimum absolute atomic E-state index is 0.143. The lowest BCUT2D eigenvalue weighted by Crippen LogP contribution is -2.54. The Bertz CT molecular complexity index is 1630. The minimum Gasteiger partial charge on any atom is -0.371 e. The van der Waals surface area contributed by atoms with Gasteiger partial charge in [0.1, 0.15) is 5.39 Å². The number of nitrogens with one attached hydrogen (secondary N) is 2. The predicted octanol–water partition coefficient (Wildman–Crippen LogP) is 2.45. The van der Waals surface area contributed by atoms with Crippen molar-refractivity contribution >= 4 is 28.4 Å². The topological polar surface area (TPSA) is 115 Å². The smallest absolute Gasteiger partial charge is 0.278 e. The Morgan fingerprint density at radius 1 is 1.16 bits per heavy atom. The molecule has 0 amide bonds. The van der Waals surface area contributed by atoms with E-state index in [1.807, 2.05) is 26.0 Å². The van der Waals surface area contributed by atoms with Crippen molar-refractivity contribution in [2.24, 2.45) is 5.41 Å². The van der Waals surface area contributed by atoms with E-state index >= 15 is 0 Å². The van der Waals surface area contributed by atoms with Crippen LogP contribution >= 0.6 is 0 Å². The maximum Gasteiger partial charge on any atom is 0.278 e. The van der Waals surface area contributed by atoms with Crippen molar-refractivity contribution in [3.8, 4) is 5.82 Å². The lowest BCUT2D eigenvalue weighted by Gasteiger charge is -2.39. The maximum atomic E-state index is 13.2. The van der Waals surface area contributed by atoms with Gasteiger partial charge in [-0.3, -0.25) is 9.59 Å². The van der Waals surface area contributed by atoms with Gasteiger partial charge < -0.3 is 15.5 Å². The molecule has 0 bridgehead atoms. The molecular weight excluding hydrogens is 482 g/mol. The van der Waals surface area contributed by atoms with Crippen molar-refractivity contribution in [3.63, 3.8) is 0 Å². The molecule has 2 N–H and O–H groups in total. The SMILES string of the molecule is C=CCn1c(=O)c2cnc(Nc3ccc(N4CCC5(CNC5)C4)cc3)nc2n1-c1ccc(=O)n(C(C)C)n1. The summed E-state index contributed by atoms with van der Waals surface area (Å²) in [5.74, 6) is 0.763. The highest BCUT2D eigenvalue weighted by molar-refractivity contribution is 5.77. The first-order valence-corrected chi connectivity index (χ1v) is 12.9. The molecule has 38 heavy (non-hydrogen) atoms. The summed E-state index contributed by atoms with van der Waals surface area (Å²) in [6.07, 6.45) is 4.38. The van der Waals surface area contributed by atoms with Crippen molar-refractivity contribution in [3.05, 3.63) is 76.0 Å². The van der Waals surface area contributed by atoms with E-state index in [-0.39, 0.29) is 23.7 Å². The summed E-state index contributed by atoms with van der Waals surface area (Å²) in [4.78, 5) is 37.0. The quantitative estimate of drug-likeness (QED) is 0.362. The third-order valence-corrected chi connectivity index (χ3v) is 7.42. The molecule has 2 saturated heterocycles. The van der Waals surface area contributed by atoms with Crippen LogP contribution in [0.2, 0.25) is 0 Å². The Morgan fingerprint density at radius 3 is 2.61 bits per heavy atom. The van der Waals surface area contributed by atoms with E-state index in [4.69, 9.17) is 0 Å². The monoisotopic (exact) mass is 513 g/mol. The van der Waals surface area contributed by atoms with E-state index in [1.165, 1.54) is 33.7 Å². The molecule has 0 aliphatic carbocycles. The fourth-order valence-corrected chi connectivity index (χ4v) is 5.31. The Kier molecular flexibility index (Phi) is 5.87. The molecule has 11 heteroatoms. The summed E-state index contributed by atoms with van der Waals surface area (Å²) in [5, 5.41) is 11.5. The number of anilines is 3. The zero-order valence-corrected chi connectivity index (χ0v) is 21.6. The van der Waals surface area contributed by atoms with Crippen molar-refractivity contribution in [1.29, 1.82) is 0 Å². The largest absolute Gasteiger partial charge is 0.371 e. The third kappa shape index (κ3) is 4.08. The van der Waals surface area contributed by atoms with Gasteiger partial charge >= 0.3 is 0 Å². The molecule has 0 radical (unpaired) electrons. The molecule has 196 valence electrons. The van der Waals surface area contributed by atoms with Crippen LogP contribution in [0.5, 0.6) is 0 Å². The average Bonchev–Trinajstić information content (AvgIpc) is 3.46. The molecule has 5 heterocycles. The number of fused-ring (bicyclic) bond motifs is 1. The van der Waals surface area contributed by atoms with Gasteiger partial charge in [-0.05, 0) is 50.6 Å². The van der Waals surface area contributed by atoms with Gasteiger partial charge in [0.2, 0.25) is 5.95 Å². The number of allylic oxidation sites excluding steroid dienone is 1. The summed E-state index contributed by atoms with van der Waals surface area (Å²) in [6.45, 7) is 12.2. The fraction of sp³-hybridized carbons (Fsp3) is 0.370. The molecule has 4 aromatic rings. The van der Waals surface area contributed by atoms with Crippen LogP contribution in [0.25, 0.3) is 16.9 Å². The second kappa shape index (κ2) is 9.25. The number of benzene rings is 1. The first-order valence-electron chi connectivity index (χ1n) is 12.9. The van der Waals surface area contributed by atoms with Gasteiger partial charge in [-0.1, -0.05) is 6.08 Å². The lowest BCUT2D eigenvalue weighted by atomic mass is 9.81. The van der Waals surface area contributed by atoms with Gasteiger partial charge in [0.15, 0.2) is 11.5 Å². The summed E-state index contributed by atoms with van der Waals surface area (Å²) in [7, 11) is 0. The first kappa shape index (κ1) is 24.1. The van der Waals surface area contributed by atoms with Crippen molar-refractivity contribution in [1.82, 2.24) is 34.4 Å². The molecule has 0 saturated carbocycles. The van der Waals surface area contributed by atoms with E-state index in [1.54, 1.807) is 16.8 Å². The van der Waals surface area contributed by atoms with Crippen molar-refractivity contribution < 1.29 is 0 Å². The second-order valence-corrected chi connectivity index (χ2v) is 10.4. The van der Waals surface area contributed by atoms with Gasteiger partial charge in [-0.2, -0.15) is 4.98 Å². The molecule has 2 fully saturated rings. The Morgan fingerprint density at radius 2 is 1.95 bits per heavy atom. The van der Waals surface area contributed by atoms with Crippen LogP contribution in [-0.2, 0) is 6.54 Å². The van der Waals surface area contributed by atoms with Crippen LogP contribution in [0.4, 0.5) is 17.3 Å². The molecule has 2 aliphatic rings. The van der Waals surface area contributed by atoms with E-state index < -0.39 is 0 Å². The highest BCUT2D eigenvalue weighted by Crippen LogP contribution is 2.36. The molecule has 2 aliphatic heterocycles. The van der Waals surface area contributed by atoms with E-state index in [0.29, 0.717) is 28.2 Å².